The number of aryl methyl sites for hydroxylation is 1. The Kier molecular flexibility index (Phi) is 7.29. The molecule has 38 heavy (non-hydrogen) atoms. The van der Waals surface area contributed by atoms with E-state index in [1.54, 1.807) is 47.2 Å². The van der Waals surface area contributed by atoms with Crippen molar-refractivity contribution in [2.45, 2.75) is 26.7 Å². The number of fused-ring (bicyclic) bond motifs is 1. The van der Waals surface area contributed by atoms with E-state index < -0.39 is 0 Å². The fraction of sp³-hybridized carbons (Fsp3) is 0.200. The van der Waals surface area contributed by atoms with E-state index in [4.69, 9.17) is 29.9 Å². The van der Waals surface area contributed by atoms with Crippen LogP contribution in [0.5, 0.6) is 23.0 Å². The van der Waals surface area contributed by atoms with Crippen LogP contribution in [0.2, 0.25) is 0 Å². The molecule has 3 aromatic carbocycles. The molecule has 0 unspecified atom stereocenters. The fourth-order valence-electron chi connectivity index (χ4n) is 4.26. The standard InChI is InChI=1S/C30H27N3O5/c1-20-12-24(17-32)28(37-18-22-5-2-4-21(13-22)16-31)15-27(20)38-19-23-6-3-9-33(30(23)34)25-7-8-26-29(14-25)36-11-10-35-26/h2-9,12-15H,10-11,17-19,32H2,1H3. The van der Waals surface area contributed by atoms with E-state index in [-0.39, 0.29) is 18.8 Å². The number of benzene rings is 3. The van der Waals surface area contributed by atoms with Crippen LogP contribution in [0.3, 0.4) is 0 Å². The second kappa shape index (κ2) is 11.1. The van der Waals surface area contributed by atoms with Crippen molar-refractivity contribution in [3.63, 3.8) is 0 Å². The molecule has 1 aromatic heterocycles. The number of rotatable bonds is 8. The third-order valence-corrected chi connectivity index (χ3v) is 6.24. The van der Waals surface area contributed by atoms with Crippen LogP contribution in [-0.2, 0) is 19.8 Å². The molecule has 0 saturated carbocycles. The maximum atomic E-state index is 13.3. The topological polar surface area (TPSA) is 109 Å². The second-order valence-corrected chi connectivity index (χ2v) is 8.86. The van der Waals surface area contributed by atoms with Crippen molar-refractivity contribution in [1.29, 1.82) is 5.26 Å². The molecule has 0 aliphatic carbocycles. The lowest BCUT2D eigenvalue weighted by molar-refractivity contribution is 0.171. The average molecular weight is 510 g/mol. The van der Waals surface area contributed by atoms with Gasteiger partial charge in [-0.25, -0.2) is 0 Å². The summed E-state index contributed by atoms with van der Waals surface area (Å²) in [6.45, 7) is 3.56. The van der Waals surface area contributed by atoms with Crippen LogP contribution in [0.1, 0.15) is 27.8 Å². The van der Waals surface area contributed by atoms with Crippen molar-refractivity contribution in [2.75, 3.05) is 13.2 Å². The summed E-state index contributed by atoms with van der Waals surface area (Å²) in [5.41, 5.74) is 10.1. The van der Waals surface area contributed by atoms with Crippen LogP contribution < -0.4 is 30.2 Å². The summed E-state index contributed by atoms with van der Waals surface area (Å²) >= 11 is 0. The molecular formula is C30H27N3O5. The number of hydrogen-bond acceptors (Lipinski definition) is 7. The van der Waals surface area contributed by atoms with Gasteiger partial charge in [-0.15, -0.1) is 0 Å². The maximum Gasteiger partial charge on any atom is 0.261 e. The summed E-state index contributed by atoms with van der Waals surface area (Å²) in [6, 6.07) is 22.1. The minimum atomic E-state index is -0.186. The highest BCUT2D eigenvalue weighted by atomic mass is 16.6. The molecule has 1 aliphatic heterocycles. The Morgan fingerprint density at radius 2 is 1.74 bits per heavy atom. The van der Waals surface area contributed by atoms with Gasteiger partial charge >= 0.3 is 0 Å². The number of ether oxygens (including phenoxy) is 4. The van der Waals surface area contributed by atoms with Gasteiger partial charge in [0, 0.05) is 30.4 Å². The number of nitrogens with two attached hydrogens (primary N) is 1. The quantitative estimate of drug-likeness (QED) is 0.375. The van der Waals surface area contributed by atoms with E-state index in [2.05, 4.69) is 6.07 Å². The lowest BCUT2D eigenvalue weighted by Gasteiger charge is -2.19. The molecule has 0 radical (unpaired) electrons. The first kappa shape index (κ1) is 24.9. The molecule has 4 aromatic rings. The summed E-state index contributed by atoms with van der Waals surface area (Å²) < 4.78 is 24.9. The summed E-state index contributed by atoms with van der Waals surface area (Å²) in [5.74, 6) is 2.47. The molecule has 0 saturated heterocycles. The Hall–Kier alpha value is -4.74. The smallest absolute Gasteiger partial charge is 0.261 e. The van der Waals surface area contributed by atoms with E-state index in [0.717, 1.165) is 16.7 Å². The zero-order valence-electron chi connectivity index (χ0n) is 21.0. The molecule has 192 valence electrons. The molecule has 0 atom stereocenters. The third-order valence-electron chi connectivity index (χ3n) is 6.24. The van der Waals surface area contributed by atoms with E-state index in [1.807, 2.05) is 37.3 Å². The maximum absolute atomic E-state index is 13.3. The minimum absolute atomic E-state index is 0.0801. The molecule has 5 rings (SSSR count). The van der Waals surface area contributed by atoms with Crippen LogP contribution in [0, 0.1) is 18.3 Å². The Morgan fingerprint density at radius 3 is 2.55 bits per heavy atom. The van der Waals surface area contributed by atoms with Gasteiger partial charge < -0.3 is 24.7 Å². The largest absolute Gasteiger partial charge is 0.488 e. The molecule has 0 fully saturated rings. The van der Waals surface area contributed by atoms with Gasteiger partial charge in [0.25, 0.3) is 5.56 Å². The van der Waals surface area contributed by atoms with Crippen LogP contribution in [0.15, 0.2) is 77.7 Å². The van der Waals surface area contributed by atoms with E-state index in [0.29, 0.717) is 59.6 Å². The number of nitriles is 1. The van der Waals surface area contributed by atoms with Gasteiger partial charge in [0.1, 0.15) is 37.9 Å². The van der Waals surface area contributed by atoms with Crippen molar-refractivity contribution < 1.29 is 18.9 Å². The number of aromatic nitrogens is 1. The molecule has 2 N–H and O–H groups in total. The molecule has 0 amide bonds. The van der Waals surface area contributed by atoms with Crippen LogP contribution in [0.25, 0.3) is 5.69 Å². The predicted molar refractivity (Wildman–Crippen MR) is 142 cm³/mol. The van der Waals surface area contributed by atoms with Crippen LogP contribution >= 0.6 is 0 Å². The van der Waals surface area contributed by atoms with Crippen molar-refractivity contribution in [3.05, 3.63) is 111 Å². The third kappa shape index (κ3) is 5.33. The zero-order chi connectivity index (χ0) is 26.5. The van der Waals surface area contributed by atoms with Gasteiger partial charge in [0.15, 0.2) is 11.5 Å². The highest BCUT2D eigenvalue weighted by molar-refractivity contribution is 5.50. The highest BCUT2D eigenvalue weighted by Gasteiger charge is 2.15. The molecule has 0 spiro atoms. The second-order valence-electron chi connectivity index (χ2n) is 8.86. The van der Waals surface area contributed by atoms with Crippen LogP contribution in [0.4, 0.5) is 0 Å². The average Bonchev–Trinajstić information content (AvgIpc) is 2.96. The molecule has 2 heterocycles. The van der Waals surface area contributed by atoms with E-state index >= 15 is 0 Å². The minimum Gasteiger partial charge on any atom is -0.488 e. The SMILES string of the molecule is Cc1cc(CN)c(OCc2cccc(C#N)c2)cc1OCc1cccn(-c2ccc3c(c2)OCCO3)c1=O. The van der Waals surface area contributed by atoms with E-state index in [9.17, 15) is 4.79 Å². The van der Waals surface area contributed by atoms with E-state index in [1.165, 1.54) is 0 Å². The summed E-state index contributed by atoms with van der Waals surface area (Å²) in [6.07, 6.45) is 1.71. The van der Waals surface area contributed by atoms with Crippen LogP contribution in [-0.4, -0.2) is 17.8 Å². The molecule has 8 heteroatoms. The highest BCUT2D eigenvalue weighted by Crippen LogP contribution is 2.32. The Bertz CT molecular complexity index is 1570. The molecule has 8 nitrogen and oxygen atoms in total. The first-order valence-electron chi connectivity index (χ1n) is 12.2. The van der Waals surface area contributed by atoms with Crippen molar-refractivity contribution in [1.82, 2.24) is 4.57 Å². The Labute approximate surface area is 220 Å². The van der Waals surface area contributed by atoms with Gasteiger partial charge in [0.2, 0.25) is 0 Å². The molecule has 1 aliphatic rings. The fourth-order valence-corrected chi connectivity index (χ4v) is 4.26. The Balaban J connectivity index is 1.35. The first-order valence-corrected chi connectivity index (χ1v) is 12.2. The van der Waals surface area contributed by atoms with Gasteiger partial charge in [-0.1, -0.05) is 12.1 Å². The summed E-state index contributed by atoms with van der Waals surface area (Å²) in [4.78, 5) is 13.3. The van der Waals surface area contributed by atoms with Crippen molar-refractivity contribution in [3.8, 4) is 34.8 Å². The van der Waals surface area contributed by atoms with Gasteiger partial charge in [-0.05, 0) is 60.5 Å². The molecular weight excluding hydrogens is 482 g/mol. The monoisotopic (exact) mass is 509 g/mol. The number of hydrogen-bond donors (Lipinski definition) is 1. The number of nitrogens with zero attached hydrogens (tertiary/aromatic N) is 2. The lowest BCUT2D eigenvalue weighted by atomic mass is 10.1. The summed E-state index contributed by atoms with van der Waals surface area (Å²) in [7, 11) is 0. The first-order chi connectivity index (χ1) is 18.6. The number of pyridine rings is 1. The normalized spacial score (nSPS) is 12.0. The predicted octanol–water partition coefficient (Wildman–Crippen LogP) is 4.41. The lowest BCUT2D eigenvalue weighted by Crippen LogP contribution is -2.23. The van der Waals surface area contributed by atoms with Gasteiger partial charge in [-0.3, -0.25) is 9.36 Å². The summed E-state index contributed by atoms with van der Waals surface area (Å²) in [5, 5.41) is 9.14. The van der Waals surface area contributed by atoms with Crippen molar-refractivity contribution >= 4 is 0 Å². The van der Waals surface area contributed by atoms with Gasteiger partial charge in [-0.2, -0.15) is 5.26 Å². The van der Waals surface area contributed by atoms with Crippen molar-refractivity contribution in [2.24, 2.45) is 5.73 Å². The zero-order valence-corrected chi connectivity index (χ0v) is 21.0. The Morgan fingerprint density at radius 1 is 0.921 bits per heavy atom. The molecule has 0 bridgehead atoms. The van der Waals surface area contributed by atoms with Gasteiger partial charge in [0.05, 0.1) is 22.9 Å².